The van der Waals surface area contributed by atoms with E-state index < -0.39 is 0 Å². The third kappa shape index (κ3) is 4.25. The van der Waals surface area contributed by atoms with Crippen molar-refractivity contribution in [1.29, 1.82) is 0 Å². The molecule has 0 bridgehead atoms. The van der Waals surface area contributed by atoms with Gasteiger partial charge in [0, 0.05) is 11.1 Å². The maximum atomic E-state index is 12.9. The molecule has 0 aliphatic rings. The van der Waals surface area contributed by atoms with Crippen molar-refractivity contribution < 1.29 is 14.3 Å². The van der Waals surface area contributed by atoms with E-state index in [4.69, 9.17) is 20.9 Å². The lowest BCUT2D eigenvalue weighted by Gasteiger charge is -2.11. The van der Waals surface area contributed by atoms with Gasteiger partial charge in [0.05, 0.1) is 11.4 Å². The van der Waals surface area contributed by atoms with Crippen LogP contribution in [0.25, 0.3) is 0 Å². The zero-order valence-electron chi connectivity index (χ0n) is 16.1. The Balaban J connectivity index is 1.52. The zero-order chi connectivity index (χ0) is 20.9. The molecular formula is C25H20N2O3. The van der Waals surface area contributed by atoms with Crippen molar-refractivity contribution in [1.82, 2.24) is 0 Å². The summed E-state index contributed by atoms with van der Waals surface area (Å²) in [5.74, 6) is 2.13. The van der Waals surface area contributed by atoms with Crippen LogP contribution in [0.5, 0.6) is 23.0 Å². The van der Waals surface area contributed by atoms with Gasteiger partial charge >= 0.3 is 0 Å². The Morgan fingerprint density at radius 2 is 0.967 bits per heavy atom. The Labute approximate surface area is 174 Å². The summed E-state index contributed by atoms with van der Waals surface area (Å²) in [5, 5.41) is 0. The fraction of sp³-hybridized carbons (Fsp3) is 0. The van der Waals surface area contributed by atoms with Crippen LogP contribution in [-0.4, -0.2) is 5.78 Å². The molecule has 0 saturated heterocycles. The SMILES string of the molecule is Nc1cc(C(=O)c2ccc(Oc3ccccc3)c(N)c2)ccc1Oc1ccccc1. The van der Waals surface area contributed by atoms with Crippen LogP contribution in [0.3, 0.4) is 0 Å². The maximum Gasteiger partial charge on any atom is 0.193 e. The Hall–Kier alpha value is -4.25. The second-order valence-corrected chi connectivity index (χ2v) is 6.66. The fourth-order valence-electron chi connectivity index (χ4n) is 2.96. The average Bonchev–Trinajstić information content (AvgIpc) is 2.77. The predicted octanol–water partition coefficient (Wildman–Crippen LogP) is 5.67. The van der Waals surface area contributed by atoms with Crippen LogP contribution in [-0.2, 0) is 0 Å². The first-order valence-corrected chi connectivity index (χ1v) is 9.40. The van der Waals surface area contributed by atoms with Gasteiger partial charge in [-0.1, -0.05) is 36.4 Å². The third-order valence-electron chi connectivity index (χ3n) is 4.49. The molecule has 0 amide bonds. The molecule has 0 saturated carbocycles. The molecule has 4 aromatic rings. The number of hydrogen-bond acceptors (Lipinski definition) is 5. The minimum Gasteiger partial charge on any atom is -0.455 e. The van der Waals surface area contributed by atoms with Gasteiger partial charge in [-0.3, -0.25) is 4.79 Å². The van der Waals surface area contributed by atoms with E-state index in [2.05, 4.69) is 0 Å². The first kappa shape index (κ1) is 19.1. The Morgan fingerprint density at radius 3 is 1.33 bits per heavy atom. The lowest BCUT2D eigenvalue weighted by atomic mass is 10.0. The molecule has 0 spiro atoms. The summed E-state index contributed by atoms with van der Waals surface area (Å²) in [6.07, 6.45) is 0. The number of nitrogen functional groups attached to an aromatic ring is 2. The highest BCUT2D eigenvalue weighted by molar-refractivity contribution is 6.10. The average molecular weight is 396 g/mol. The van der Waals surface area contributed by atoms with Gasteiger partial charge in [-0.25, -0.2) is 0 Å². The van der Waals surface area contributed by atoms with Gasteiger partial charge in [-0.2, -0.15) is 0 Å². The van der Waals surface area contributed by atoms with E-state index in [1.165, 1.54) is 0 Å². The van der Waals surface area contributed by atoms with E-state index in [-0.39, 0.29) is 5.78 Å². The molecule has 0 unspecified atom stereocenters. The van der Waals surface area contributed by atoms with Crippen molar-refractivity contribution in [3.8, 4) is 23.0 Å². The highest BCUT2D eigenvalue weighted by atomic mass is 16.5. The lowest BCUT2D eigenvalue weighted by molar-refractivity contribution is 0.103. The summed E-state index contributed by atoms with van der Waals surface area (Å²) in [6, 6.07) is 28.6. The largest absolute Gasteiger partial charge is 0.455 e. The molecular weight excluding hydrogens is 376 g/mol. The molecule has 4 aromatic carbocycles. The summed E-state index contributed by atoms with van der Waals surface area (Å²) >= 11 is 0. The number of hydrogen-bond donors (Lipinski definition) is 2. The molecule has 4 rings (SSSR count). The van der Waals surface area contributed by atoms with Crippen molar-refractivity contribution in [2.24, 2.45) is 0 Å². The van der Waals surface area contributed by atoms with Crippen molar-refractivity contribution in [3.63, 3.8) is 0 Å². The maximum absolute atomic E-state index is 12.9. The number of carbonyl (C=O) groups excluding carboxylic acids is 1. The molecule has 30 heavy (non-hydrogen) atoms. The number of ketones is 1. The number of carbonyl (C=O) groups is 1. The summed E-state index contributed by atoms with van der Waals surface area (Å²) in [7, 11) is 0. The number of para-hydroxylation sites is 2. The normalized spacial score (nSPS) is 10.4. The quantitative estimate of drug-likeness (QED) is 0.324. The Kier molecular flexibility index (Phi) is 5.35. The van der Waals surface area contributed by atoms with E-state index in [1.807, 2.05) is 60.7 Å². The number of benzene rings is 4. The van der Waals surface area contributed by atoms with Crippen molar-refractivity contribution in [2.75, 3.05) is 11.5 Å². The first-order chi connectivity index (χ1) is 14.6. The van der Waals surface area contributed by atoms with E-state index >= 15 is 0 Å². The summed E-state index contributed by atoms with van der Waals surface area (Å²) in [4.78, 5) is 12.9. The molecule has 0 aliphatic heterocycles. The summed E-state index contributed by atoms with van der Waals surface area (Å²) in [6.45, 7) is 0. The van der Waals surface area contributed by atoms with Crippen LogP contribution in [0.2, 0.25) is 0 Å². The van der Waals surface area contributed by atoms with E-state index in [0.717, 1.165) is 0 Å². The van der Waals surface area contributed by atoms with Gasteiger partial charge in [-0.15, -0.1) is 0 Å². The standard InChI is InChI=1S/C25H20N2O3/c26-21-15-17(11-13-23(21)29-19-7-3-1-4-8-19)25(28)18-12-14-24(22(27)16-18)30-20-9-5-2-6-10-20/h1-16H,26-27H2. The first-order valence-electron chi connectivity index (χ1n) is 9.40. The third-order valence-corrected chi connectivity index (χ3v) is 4.49. The number of ether oxygens (including phenoxy) is 2. The molecule has 5 heteroatoms. The van der Waals surface area contributed by atoms with Crippen LogP contribution in [0.1, 0.15) is 15.9 Å². The summed E-state index contributed by atoms with van der Waals surface area (Å²) < 4.78 is 11.5. The van der Waals surface area contributed by atoms with Gasteiger partial charge in [0.15, 0.2) is 5.78 Å². The van der Waals surface area contributed by atoms with E-state index in [1.54, 1.807) is 36.4 Å². The minimum atomic E-state index is -0.189. The van der Waals surface area contributed by atoms with E-state index in [9.17, 15) is 4.79 Å². The lowest BCUT2D eigenvalue weighted by Crippen LogP contribution is -2.04. The van der Waals surface area contributed by atoms with Crippen LogP contribution in [0.4, 0.5) is 11.4 Å². The van der Waals surface area contributed by atoms with Gasteiger partial charge in [0.2, 0.25) is 0 Å². The minimum absolute atomic E-state index is 0.189. The molecule has 0 heterocycles. The van der Waals surface area contributed by atoms with Crippen LogP contribution in [0, 0.1) is 0 Å². The smallest absolute Gasteiger partial charge is 0.193 e. The molecule has 148 valence electrons. The summed E-state index contributed by atoms with van der Waals surface area (Å²) in [5.41, 5.74) is 13.9. The Bertz CT molecular complexity index is 1080. The van der Waals surface area contributed by atoms with Crippen LogP contribution in [0.15, 0.2) is 97.1 Å². The van der Waals surface area contributed by atoms with E-state index in [0.29, 0.717) is 45.5 Å². The molecule has 0 atom stereocenters. The van der Waals surface area contributed by atoms with Crippen molar-refractivity contribution in [3.05, 3.63) is 108 Å². The van der Waals surface area contributed by atoms with Gasteiger partial charge in [0.1, 0.15) is 23.0 Å². The molecule has 0 fully saturated rings. The second kappa shape index (κ2) is 8.41. The molecule has 0 aromatic heterocycles. The number of rotatable bonds is 6. The molecule has 5 nitrogen and oxygen atoms in total. The monoisotopic (exact) mass is 396 g/mol. The molecule has 0 radical (unpaired) electrons. The predicted molar refractivity (Wildman–Crippen MR) is 118 cm³/mol. The van der Waals surface area contributed by atoms with Gasteiger partial charge in [-0.05, 0) is 60.7 Å². The molecule has 0 aliphatic carbocycles. The van der Waals surface area contributed by atoms with Crippen molar-refractivity contribution in [2.45, 2.75) is 0 Å². The fourth-order valence-corrected chi connectivity index (χ4v) is 2.96. The topological polar surface area (TPSA) is 87.6 Å². The molecule has 4 N–H and O–H groups in total. The van der Waals surface area contributed by atoms with Gasteiger partial charge in [0.25, 0.3) is 0 Å². The number of nitrogens with two attached hydrogens (primary N) is 2. The Morgan fingerprint density at radius 1 is 0.567 bits per heavy atom. The van der Waals surface area contributed by atoms with Crippen LogP contribution >= 0.6 is 0 Å². The highest BCUT2D eigenvalue weighted by Gasteiger charge is 2.14. The second-order valence-electron chi connectivity index (χ2n) is 6.66. The number of anilines is 2. The van der Waals surface area contributed by atoms with Crippen LogP contribution < -0.4 is 20.9 Å². The highest BCUT2D eigenvalue weighted by Crippen LogP contribution is 2.31. The van der Waals surface area contributed by atoms with Gasteiger partial charge < -0.3 is 20.9 Å². The zero-order valence-corrected chi connectivity index (χ0v) is 16.1. The van der Waals surface area contributed by atoms with Crippen molar-refractivity contribution >= 4 is 17.2 Å².